The molecule has 152 valence electrons. The third kappa shape index (κ3) is 4.96. The van der Waals surface area contributed by atoms with E-state index < -0.39 is 0 Å². The van der Waals surface area contributed by atoms with E-state index >= 15 is 0 Å². The Balaban J connectivity index is 1.63. The van der Waals surface area contributed by atoms with Gasteiger partial charge in [-0.1, -0.05) is 11.6 Å². The molecular weight excluding hydrogens is 404 g/mol. The summed E-state index contributed by atoms with van der Waals surface area (Å²) >= 11 is 7.74. The summed E-state index contributed by atoms with van der Waals surface area (Å²) in [6.07, 6.45) is 9.70. The Morgan fingerprint density at radius 1 is 1.21 bits per heavy atom. The van der Waals surface area contributed by atoms with Crippen LogP contribution in [-0.2, 0) is 13.1 Å². The lowest BCUT2D eigenvalue weighted by Gasteiger charge is -2.29. The highest BCUT2D eigenvalue weighted by atomic mass is 35.5. The van der Waals surface area contributed by atoms with Gasteiger partial charge in [0.1, 0.15) is 5.75 Å². The third-order valence-electron chi connectivity index (χ3n) is 5.36. The summed E-state index contributed by atoms with van der Waals surface area (Å²) in [5.74, 6) is 3.46. The van der Waals surface area contributed by atoms with E-state index in [1.54, 1.807) is 11.3 Å². The summed E-state index contributed by atoms with van der Waals surface area (Å²) in [7, 11) is 0. The molecule has 6 heteroatoms. The number of hydrogen-bond acceptors (Lipinski definition) is 4. The molecule has 3 aromatic rings. The van der Waals surface area contributed by atoms with E-state index in [1.165, 1.54) is 21.3 Å². The first kappa shape index (κ1) is 20.3. The van der Waals surface area contributed by atoms with Gasteiger partial charge < -0.3 is 14.4 Å². The van der Waals surface area contributed by atoms with Gasteiger partial charge >= 0.3 is 0 Å². The minimum absolute atomic E-state index is 0.160. The molecule has 1 aliphatic heterocycles. The number of aliphatic hydroxyl groups is 1. The zero-order valence-corrected chi connectivity index (χ0v) is 17.9. The summed E-state index contributed by atoms with van der Waals surface area (Å²) < 4.78 is 8.93. The average Bonchev–Trinajstić information content (AvgIpc) is 3.27. The summed E-state index contributed by atoms with van der Waals surface area (Å²) in [4.78, 5) is 3.65. The van der Waals surface area contributed by atoms with Crippen molar-refractivity contribution in [2.45, 2.75) is 38.5 Å². The maximum absolute atomic E-state index is 9.80. The maximum atomic E-state index is 9.80. The molecule has 0 bridgehead atoms. The Morgan fingerprint density at radius 2 is 2.03 bits per heavy atom. The fourth-order valence-electron chi connectivity index (χ4n) is 3.85. The van der Waals surface area contributed by atoms with Gasteiger partial charge in [0, 0.05) is 48.0 Å². The lowest BCUT2D eigenvalue weighted by molar-refractivity contribution is 0.0794. The minimum Gasteiger partial charge on any atom is -0.493 e. The number of likely N-dealkylation sites (tertiary alicyclic amines) is 1. The Labute approximate surface area is 180 Å². The van der Waals surface area contributed by atoms with Crippen LogP contribution in [0.1, 0.15) is 29.7 Å². The molecule has 2 aromatic heterocycles. The van der Waals surface area contributed by atoms with Crippen LogP contribution in [0.3, 0.4) is 0 Å². The van der Waals surface area contributed by atoms with Crippen molar-refractivity contribution in [3.8, 4) is 18.1 Å². The first-order chi connectivity index (χ1) is 14.1. The third-order valence-corrected chi connectivity index (χ3v) is 6.57. The summed E-state index contributed by atoms with van der Waals surface area (Å²) in [5, 5.41) is 11.0. The zero-order chi connectivity index (χ0) is 20.2. The van der Waals surface area contributed by atoms with Gasteiger partial charge in [0.05, 0.1) is 23.6 Å². The maximum Gasteiger partial charge on any atom is 0.120 e. The second-order valence-corrected chi connectivity index (χ2v) is 9.28. The van der Waals surface area contributed by atoms with Crippen LogP contribution in [0.2, 0.25) is 4.34 Å². The standard InChI is InChI=1S/C23H25ClN2O2S/c1-2-3-12-28-19-4-6-22-21(13-19)17(14-25-10-8-18(27)9-11-25)15-26(22)16-20-5-7-23(24)29-20/h1,4-7,13,15,18,27H,3,8-12,14,16H2. The van der Waals surface area contributed by atoms with E-state index in [0.29, 0.717) is 13.0 Å². The lowest BCUT2D eigenvalue weighted by Crippen LogP contribution is -2.35. The van der Waals surface area contributed by atoms with Crippen molar-refractivity contribution >= 4 is 33.8 Å². The number of ether oxygens (including phenoxy) is 1. The molecule has 0 atom stereocenters. The molecule has 1 N–H and O–H groups in total. The van der Waals surface area contributed by atoms with E-state index in [2.05, 4.69) is 39.8 Å². The number of rotatable bonds is 7. The first-order valence-electron chi connectivity index (χ1n) is 9.95. The number of fused-ring (bicyclic) bond motifs is 1. The Kier molecular flexibility index (Phi) is 6.46. The van der Waals surface area contributed by atoms with Crippen molar-refractivity contribution in [3.63, 3.8) is 0 Å². The van der Waals surface area contributed by atoms with Crippen molar-refractivity contribution in [1.29, 1.82) is 0 Å². The predicted octanol–water partition coefficient (Wildman–Crippen LogP) is 4.76. The number of terminal acetylenes is 1. The highest BCUT2D eigenvalue weighted by Gasteiger charge is 2.19. The van der Waals surface area contributed by atoms with Crippen LogP contribution < -0.4 is 4.74 Å². The molecule has 0 aliphatic carbocycles. The molecule has 29 heavy (non-hydrogen) atoms. The van der Waals surface area contributed by atoms with Crippen molar-refractivity contribution in [3.05, 3.63) is 51.3 Å². The quantitative estimate of drug-likeness (QED) is 0.435. The number of benzene rings is 1. The van der Waals surface area contributed by atoms with Gasteiger partial charge in [0.25, 0.3) is 0 Å². The van der Waals surface area contributed by atoms with Crippen LogP contribution in [0.4, 0.5) is 0 Å². The van der Waals surface area contributed by atoms with Crippen molar-refractivity contribution in [2.75, 3.05) is 19.7 Å². The molecule has 1 aliphatic rings. The van der Waals surface area contributed by atoms with E-state index in [0.717, 1.165) is 49.1 Å². The van der Waals surface area contributed by atoms with Crippen LogP contribution >= 0.6 is 22.9 Å². The van der Waals surface area contributed by atoms with Crippen molar-refractivity contribution < 1.29 is 9.84 Å². The van der Waals surface area contributed by atoms with E-state index in [-0.39, 0.29) is 6.10 Å². The van der Waals surface area contributed by atoms with Gasteiger partial charge in [-0.25, -0.2) is 0 Å². The fraction of sp³-hybridized carbons (Fsp3) is 0.391. The Morgan fingerprint density at radius 3 is 2.76 bits per heavy atom. The van der Waals surface area contributed by atoms with Gasteiger partial charge in [-0.05, 0) is 48.7 Å². The second-order valence-electron chi connectivity index (χ2n) is 7.48. The lowest BCUT2D eigenvalue weighted by atomic mass is 10.1. The predicted molar refractivity (Wildman–Crippen MR) is 120 cm³/mol. The molecule has 3 heterocycles. The highest BCUT2D eigenvalue weighted by molar-refractivity contribution is 7.16. The molecule has 1 aromatic carbocycles. The normalized spacial score (nSPS) is 15.6. The summed E-state index contributed by atoms with van der Waals surface area (Å²) in [5.41, 5.74) is 2.47. The first-order valence-corrected chi connectivity index (χ1v) is 11.1. The van der Waals surface area contributed by atoms with Crippen molar-refractivity contribution in [1.82, 2.24) is 9.47 Å². The van der Waals surface area contributed by atoms with Gasteiger partial charge in [-0.3, -0.25) is 4.90 Å². The van der Waals surface area contributed by atoms with Gasteiger partial charge in [-0.2, -0.15) is 0 Å². The molecule has 0 spiro atoms. The molecule has 0 amide bonds. The second kappa shape index (κ2) is 9.23. The van der Waals surface area contributed by atoms with Crippen LogP contribution in [0.15, 0.2) is 36.5 Å². The number of aromatic nitrogens is 1. The molecule has 1 saturated heterocycles. The fourth-order valence-corrected chi connectivity index (χ4v) is 4.93. The number of piperidine rings is 1. The number of aliphatic hydroxyl groups excluding tert-OH is 1. The Hall–Kier alpha value is -1.97. The molecule has 4 nitrogen and oxygen atoms in total. The van der Waals surface area contributed by atoms with Crippen LogP contribution in [0, 0.1) is 12.3 Å². The average molecular weight is 429 g/mol. The number of hydrogen-bond donors (Lipinski definition) is 1. The van der Waals surface area contributed by atoms with Crippen LogP contribution in [0.5, 0.6) is 5.75 Å². The zero-order valence-electron chi connectivity index (χ0n) is 16.3. The highest BCUT2D eigenvalue weighted by Crippen LogP contribution is 2.30. The molecule has 4 rings (SSSR count). The van der Waals surface area contributed by atoms with E-state index in [1.807, 2.05) is 12.1 Å². The minimum atomic E-state index is -0.160. The Bertz CT molecular complexity index is 1010. The largest absolute Gasteiger partial charge is 0.493 e. The summed E-state index contributed by atoms with van der Waals surface area (Å²) in [6.45, 7) is 4.04. The number of thiophene rings is 1. The monoisotopic (exact) mass is 428 g/mol. The van der Waals surface area contributed by atoms with E-state index in [4.69, 9.17) is 22.8 Å². The van der Waals surface area contributed by atoms with Gasteiger partial charge in [0.2, 0.25) is 0 Å². The molecule has 1 fully saturated rings. The SMILES string of the molecule is C#CCCOc1ccc2c(c1)c(CN1CCC(O)CC1)cn2Cc1ccc(Cl)s1. The molecule has 0 saturated carbocycles. The number of nitrogens with zero attached hydrogens (tertiary/aromatic N) is 2. The van der Waals surface area contributed by atoms with Gasteiger partial charge in [-0.15, -0.1) is 23.7 Å². The topological polar surface area (TPSA) is 37.6 Å². The number of halogens is 1. The van der Waals surface area contributed by atoms with Gasteiger partial charge in [0.15, 0.2) is 0 Å². The van der Waals surface area contributed by atoms with E-state index in [9.17, 15) is 5.11 Å². The molecular formula is C23H25ClN2O2S. The smallest absolute Gasteiger partial charge is 0.120 e. The molecule has 0 unspecified atom stereocenters. The molecule has 0 radical (unpaired) electrons. The summed E-state index contributed by atoms with van der Waals surface area (Å²) in [6, 6.07) is 10.3. The van der Waals surface area contributed by atoms with Crippen LogP contribution in [0.25, 0.3) is 10.9 Å². The van der Waals surface area contributed by atoms with Crippen molar-refractivity contribution in [2.24, 2.45) is 0 Å². The van der Waals surface area contributed by atoms with Crippen LogP contribution in [-0.4, -0.2) is 40.4 Å².